The molecule has 0 heterocycles. The monoisotopic (exact) mass is 321 g/mol. The molecule has 0 fully saturated rings. The number of nitrogens with one attached hydrogen (secondary N) is 1. The fourth-order valence-electron chi connectivity index (χ4n) is 2.30. The standard InChI is InChI=1S/C17H20ClNOS/c1-9-10(2)12(4)17(13(5)11(9)3)21-19-14-6-7-15(18)16(20)8-14/h6-8,19-20H,1-5H3. The number of rotatable bonds is 3. The Morgan fingerprint density at radius 3 is 1.95 bits per heavy atom. The van der Waals surface area contributed by atoms with Crippen molar-refractivity contribution < 1.29 is 5.11 Å². The molecule has 21 heavy (non-hydrogen) atoms. The molecule has 0 amide bonds. The Hall–Kier alpha value is -1.32. The minimum absolute atomic E-state index is 0.0898. The Balaban J connectivity index is 2.30. The summed E-state index contributed by atoms with van der Waals surface area (Å²) in [5, 5.41) is 10.0. The van der Waals surface area contributed by atoms with Crippen LogP contribution in [-0.4, -0.2) is 5.11 Å². The van der Waals surface area contributed by atoms with Crippen LogP contribution < -0.4 is 4.72 Å². The lowest BCUT2D eigenvalue weighted by Gasteiger charge is -2.18. The Labute approximate surface area is 135 Å². The zero-order chi connectivity index (χ0) is 15.7. The van der Waals surface area contributed by atoms with Crippen LogP contribution in [-0.2, 0) is 0 Å². The Bertz CT molecular complexity index is 669. The predicted octanol–water partition coefficient (Wildman–Crippen LogP) is 5.71. The van der Waals surface area contributed by atoms with Crippen molar-refractivity contribution in [1.82, 2.24) is 0 Å². The molecule has 2 nitrogen and oxygen atoms in total. The second-order valence-corrected chi connectivity index (χ2v) is 6.55. The van der Waals surface area contributed by atoms with Crippen LogP contribution in [0.1, 0.15) is 27.8 Å². The van der Waals surface area contributed by atoms with Gasteiger partial charge >= 0.3 is 0 Å². The average molecular weight is 322 g/mol. The lowest BCUT2D eigenvalue weighted by atomic mass is 9.95. The van der Waals surface area contributed by atoms with Crippen LogP contribution >= 0.6 is 23.5 Å². The molecule has 0 saturated heterocycles. The summed E-state index contributed by atoms with van der Waals surface area (Å²) in [6.45, 7) is 10.8. The second-order valence-electron chi connectivity index (χ2n) is 5.32. The van der Waals surface area contributed by atoms with Gasteiger partial charge in [0.05, 0.1) is 5.02 Å². The van der Waals surface area contributed by atoms with Crippen LogP contribution in [0, 0.1) is 34.6 Å². The van der Waals surface area contributed by atoms with E-state index in [1.165, 1.54) is 32.7 Å². The maximum Gasteiger partial charge on any atom is 0.136 e. The first-order valence-electron chi connectivity index (χ1n) is 6.81. The summed E-state index contributed by atoms with van der Waals surface area (Å²) < 4.78 is 3.28. The maximum atomic E-state index is 9.65. The van der Waals surface area contributed by atoms with Crippen molar-refractivity contribution in [3.05, 3.63) is 51.0 Å². The number of phenolic OH excluding ortho intramolecular Hbond substituents is 1. The molecule has 0 unspecified atom stereocenters. The van der Waals surface area contributed by atoms with Crippen LogP contribution in [0.4, 0.5) is 5.69 Å². The van der Waals surface area contributed by atoms with Gasteiger partial charge in [0.2, 0.25) is 0 Å². The normalized spacial score (nSPS) is 10.8. The lowest BCUT2D eigenvalue weighted by molar-refractivity contribution is 0.476. The van der Waals surface area contributed by atoms with E-state index < -0.39 is 0 Å². The first-order valence-corrected chi connectivity index (χ1v) is 8.00. The van der Waals surface area contributed by atoms with Crippen LogP contribution in [0.15, 0.2) is 23.1 Å². The van der Waals surface area contributed by atoms with E-state index in [0.717, 1.165) is 5.69 Å². The number of hydrogen-bond acceptors (Lipinski definition) is 3. The van der Waals surface area contributed by atoms with Crippen LogP contribution in [0.2, 0.25) is 5.02 Å². The molecule has 0 saturated carbocycles. The third-order valence-electron chi connectivity index (χ3n) is 4.15. The maximum absolute atomic E-state index is 9.65. The van der Waals surface area contributed by atoms with E-state index >= 15 is 0 Å². The van der Waals surface area contributed by atoms with Crippen molar-refractivity contribution in [2.45, 2.75) is 39.5 Å². The van der Waals surface area contributed by atoms with E-state index in [-0.39, 0.29) is 5.75 Å². The van der Waals surface area contributed by atoms with E-state index in [0.29, 0.717) is 5.02 Å². The van der Waals surface area contributed by atoms with Gasteiger partial charge in [-0.05, 0) is 86.5 Å². The van der Waals surface area contributed by atoms with Crippen LogP contribution in [0.5, 0.6) is 5.75 Å². The highest BCUT2D eigenvalue weighted by Crippen LogP contribution is 2.35. The molecule has 2 N–H and O–H groups in total. The highest BCUT2D eigenvalue weighted by molar-refractivity contribution is 8.00. The molecule has 0 atom stereocenters. The van der Waals surface area contributed by atoms with Crippen molar-refractivity contribution >= 4 is 29.2 Å². The summed E-state index contributed by atoms with van der Waals surface area (Å²) in [5.74, 6) is 0.0898. The van der Waals surface area contributed by atoms with Crippen molar-refractivity contribution in [2.75, 3.05) is 4.72 Å². The van der Waals surface area contributed by atoms with Crippen LogP contribution in [0.3, 0.4) is 0 Å². The summed E-state index contributed by atoms with van der Waals surface area (Å²) in [7, 11) is 0. The summed E-state index contributed by atoms with van der Waals surface area (Å²) in [4.78, 5) is 1.24. The first kappa shape index (κ1) is 16.1. The fraction of sp³-hybridized carbons (Fsp3) is 0.294. The van der Waals surface area contributed by atoms with E-state index in [1.54, 1.807) is 24.1 Å². The largest absolute Gasteiger partial charge is 0.506 e. The zero-order valence-corrected chi connectivity index (χ0v) is 14.5. The van der Waals surface area contributed by atoms with Crippen molar-refractivity contribution in [1.29, 1.82) is 0 Å². The minimum atomic E-state index is 0.0898. The van der Waals surface area contributed by atoms with Gasteiger partial charge in [0.15, 0.2) is 0 Å². The summed E-state index contributed by atoms with van der Waals surface area (Å²) in [6, 6.07) is 5.17. The van der Waals surface area contributed by atoms with E-state index in [9.17, 15) is 5.11 Å². The third-order valence-corrected chi connectivity index (χ3v) is 5.62. The molecule has 0 bridgehead atoms. The minimum Gasteiger partial charge on any atom is -0.506 e. The highest BCUT2D eigenvalue weighted by atomic mass is 35.5. The summed E-state index contributed by atoms with van der Waals surface area (Å²) in [6.07, 6.45) is 0. The van der Waals surface area contributed by atoms with Crippen molar-refractivity contribution in [2.24, 2.45) is 0 Å². The third kappa shape index (κ3) is 3.14. The fourth-order valence-corrected chi connectivity index (χ4v) is 3.38. The van der Waals surface area contributed by atoms with E-state index in [2.05, 4.69) is 39.3 Å². The van der Waals surface area contributed by atoms with Gasteiger partial charge in [-0.2, -0.15) is 0 Å². The molecular weight excluding hydrogens is 302 g/mol. The molecular formula is C17H20ClNOS. The van der Waals surface area contributed by atoms with Gasteiger partial charge in [-0.15, -0.1) is 0 Å². The first-order chi connectivity index (χ1) is 9.82. The molecule has 2 aromatic carbocycles. The molecule has 4 heteroatoms. The molecule has 0 spiro atoms. The SMILES string of the molecule is Cc1c(C)c(C)c(SNc2ccc(Cl)c(O)c2)c(C)c1C. The number of phenols is 1. The smallest absolute Gasteiger partial charge is 0.136 e. The highest BCUT2D eigenvalue weighted by Gasteiger charge is 2.13. The number of halogens is 1. The molecule has 0 aromatic heterocycles. The Morgan fingerprint density at radius 1 is 0.905 bits per heavy atom. The molecule has 0 aliphatic rings. The Kier molecular flexibility index (Phi) is 4.74. The van der Waals surface area contributed by atoms with E-state index in [1.807, 2.05) is 6.07 Å². The lowest BCUT2D eigenvalue weighted by Crippen LogP contribution is -2.00. The number of anilines is 1. The van der Waals surface area contributed by atoms with Gasteiger partial charge < -0.3 is 9.83 Å². The molecule has 0 aliphatic heterocycles. The molecule has 2 rings (SSSR count). The predicted molar refractivity (Wildman–Crippen MR) is 92.7 cm³/mol. The topological polar surface area (TPSA) is 32.3 Å². The second kappa shape index (κ2) is 6.20. The molecule has 0 radical (unpaired) electrons. The summed E-state index contributed by atoms with van der Waals surface area (Å²) in [5.41, 5.74) is 7.45. The van der Waals surface area contributed by atoms with Gasteiger partial charge in [0, 0.05) is 16.6 Å². The van der Waals surface area contributed by atoms with Crippen molar-refractivity contribution in [3.8, 4) is 5.75 Å². The van der Waals surface area contributed by atoms with Crippen molar-refractivity contribution in [3.63, 3.8) is 0 Å². The van der Waals surface area contributed by atoms with Gasteiger partial charge in [-0.1, -0.05) is 11.6 Å². The van der Waals surface area contributed by atoms with Gasteiger partial charge in [-0.25, -0.2) is 0 Å². The Morgan fingerprint density at radius 2 is 1.43 bits per heavy atom. The van der Waals surface area contributed by atoms with Crippen LogP contribution in [0.25, 0.3) is 0 Å². The number of hydrogen-bond donors (Lipinski definition) is 2. The quantitative estimate of drug-likeness (QED) is 0.710. The van der Waals surface area contributed by atoms with Gasteiger partial charge in [0.1, 0.15) is 5.75 Å². The van der Waals surface area contributed by atoms with Gasteiger partial charge in [-0.3, -0.25) is 0 Å². The molecule has 112 valence electrons. The van der Waals surface area contributed by atoms with E-state index in [4.69, 9.17) is 11.6 Å². The zero-order valence-electron chi connectivity index (χ0n) is 13.0. The molecule has 0 aliphatic carbocycles. The van der Waals surface area contributed by atoms with Gasteiger partial charge in [0.25, 0.3) is 0 Å². The number of aromatic hydroxyl groups is 1. The number of benzene rings is 2. The summed E-state index contributed by atoms with van der Waals surface area (Å²) >= 11 is 7.40. The molecule has 2 aromatic rings. The average Bonchev–Trinajstić information content (AvgIpc) is 2.46.